The van der Waals surface area contributed by atoms with Crippen LogP contribution in [0.2, 0.25) is 0 Å². The lowest BCUT2D eigenvalue weighted by Gasteiger charge is -2.18. The fourth-order valence-electron chi connectivity index (χ4n) is 1.95. The number of thiophene rings is 1. The van der Waals surface area contributed by atoms with Gasteiger partial charge in [-0.1, -0.05) is 0 Å². The normalized spacial score (nSPS) is 11.8. The Morgan fingerprint density at radius 2 is 2.00 bits per heavy atom. The van der Waals surface area contributed by atoms with Crippen LogP contribution < -0.4 is 5.73 Å². The van der Waals surface area contributed by atoms with E-state index in [2.05, 4.69) is 4.98 Å². The number of pyridine rings is 1. The molecule has 0 radical (unpaired) electrons. The van der Waals surface area contributed by atoms with E-state index in [1.54, 1.807) is 0 Å². The average Bonchev–Trinajstić information content (AvgIpc) is 2.53. The number of hydrogen-bond acceptors (Lipinski definition) is 5. The van der Waals surface area contributed by atoms with E-state index in [0.29, 0.717) is 10.6 Å². The van der Waals surface area contributed by atoms with Crippen LogP contribution in [0.25, 0.3) is 10.2 Å². The molecule has 19 heavy (non-hydrogen) atoms. The number of anilines is 1. The van der Waals surface area contributed by atoms with Crippen molar-refractivity contribution in [2.24, 2.45) is 0 Å². The first kappa shape index (κ1) is 13.8. The molecule has 0 saturated heterocycles. The lowest BCUT2D eigenvalue weighted by molar-refractivity contribution is 0.00765. The Morgan fingerprint density at radius 1 is 1.37 bits per heavy atom. The second kappa shape index (κ2) is 4.49. The highest BCUT2D eigenvalue weighted by molar-refractivity contribution is 7.21. The van der Waals surface area contributed by atoms with Crippen molar-refractivity contribution < 1.29 is 9.53 Å². The van der Waals surface area contributed by atoms with Crippen molar-refractivity contribution in [2.75, 3.05) is 5.73 Å². The Bertz CT molecular complexity index is 653. The zero-order chi connectivity index (χ0) is 14.4. The quantitative estimate of drug-likeness (QED) is 0.811. The lowest BCUT2D eigenvalue weighted by atomic mass is 10.1. The molecule has 0 aromatic carbocycles. The molecular formula is C14H18N2O2S. The van der Waals surface area contributed by atoms with Crippen molar-refractivity contribution >= 4 is 33.2 Å². The molecule has 0 saturated carbocycles. The zero-order valence-corrected chi connectivity index (χ0v) is 12.6. The number of carbonyl (C=O) groups excluding carboxylic acids is 1. The van der Waals surface area contributed by atoms with Gasteiger partial charge in [0.15, 0.2) is 0 Å². The minimum absolute atomic E-state index is 0.384. The number of carbonyl (C=O) groups is 1. The van der Waals surface area contributed by atoms with Gasteiger partial charge in [0, 0.05) is 11.1 Å². The second-order valence-corrected chi connectivity index (χ2v) is 6.61. The van der Waals surface area contributed by atoms with Crippen molar-refractivity contribution in [1.82, 2.24) is 4.98 Å². The van der Waals surface area contributed by atoms with E-state index in [0.717, 1.165) is 21.5 Å². The number of nitrogens with two attached hydrogens (primary N) is 1. The predicted octanol–water partition coefficient (Wildman–Crippen LogP) is 3.45. The van der Waals surface area contributed by atoms with Crippen molar-refractivity contribution in [3.63, 3.8) is 0 Å². The summed E-state index contributed by atoms with van der Waals surface area (Å²) >= 11 is 1.29. The number of aromatic nitrogens is 1. The summed E-state index contributed by atoms with van der Waals surface area (Å²) in [7, 11) is 0. The number of nitrogen functional groups attached to an aromatic ring is 1. The molecule has 2 heterocycles. The van der Waals surface area contributed by atoms with Gasteiger partial charge in [0.05, 0.1) is 5.69 Å². The Morgan fingerprint density at radius 3 is 2.58 bits per heavy atom. The molecule has 0 unspecified atom stereocenters. The van der Waals surface area contributed by atoms with Gasteiger partial charge in [-0.2, -0.15) is 0 Å². The standard InChI is InChI=1S/C14H18N2O2S/c1-7-6-8(2)16-12-9(7)10(15)11(19-12)13(17)18-14(3,4)5/h6H,15H2,1-5H3. The molecule has 0 amide bonds. The van der Waals surface area contributed by atoms with E-state index in [9.17, 15) is 4.79 Å². The van der Waals surface area contributed by atoms with Gasteiger partial charge in [-0.05, 0) is 46.2 Å². The molecule has 0 aliphatic carbocycles. The lowest BCUT2D eigenvalue weighted by Crippen LogP contribution is -2.23. The molecule has 0 spiro atoms. The van der Waals surface area contributed by atoms with E-state index < -0.39 is 5.60 Å². The van der Waals surface area contributed by atoms with E-state index in [1.807, 2.05) is 40.7 Å². The average molecular weight is 278 g/mol. The van der Waals surface area contributed by atoms with E-state index in [4.69, 9.17) is 10.5 Å². The smallest absolute Gasteiger partial charge is 0.351 e. The van der Waals surface area contributed by atoms with Crippen molar-refractivity contribution in [2.45, 2.75) is 40.2 Å². The van der Waals surface area contributed by atoms with Crippen LogP contribution in [0.5, 0.6) is 0 Å². The number of hydrogen-bond donors (Lipinski definition) is 1. The third-order valence-electron chi connectivity index (χ3n) is 2.61. The Kier molecular flexibility index (Phi) is 3.26. The first-order chi connectivity index (χ1) is 8.69. The predicted molar refractivity (Wildman–Crippen MR) is 78.7 cm³/mol. The van der Waals surface area contributed by atoms with Crippen molar-refractivity contribution in [1.29, 1.82) is 0 Å². The van der Waals surface area contributed by atoms with Crippen LogP contribution in [-0.2, 0) is 4.74 Å². The summed E-state index contributed by atoms with van der Waals surface area (Å²) in [5.74, 6) is -0.384. The first-order valence-electron chi connectivity index (χ1n) is 6.08. The maximum Gasteiger partial charge on any atom is 0.351 e. The molecule has 5 heteroatoms. The summed E-state index contributed by atoms with van der Waals surface area (Å²) in [6.07, 6.45) is 0. The summed E-state index contributed by atoms with van der Waals surface area (Å²) in [5, 5.41) is 0.858. The van der Waals surface area contributed by atoms with Crippen LogP contribution in [0.15, 0.2) is 6.07 Å². The topological polar surface area (TPSA) is 65.2 Å². The van der Waals surface area contributed by atoms with Gasteiger partial charge < -0.3 is 10.5 Å². The molecule has 0 fully saturated rings. The summed E-state index contributed by atoms with van der Waals surface area (Å²) < 4.78 is 5.37. The minimum Gasteiger partial charge on any atom is -0.456 e. The Labute approximate surface area is 116 Å². The van der Waals surface area contributed by atoms with Crippen LogP contribution in [-0.4, -0.2) is 16.6 Å². The van der Waals surface area contributed by atoms with E-state index >= 15 is 0 Å². The molecule has 102 valence electrons. The highest BCUT2D eigenvalue weighted by Crippen LogP contribution is 2.35. The van der Waals surface area contributed by atoms with E-state index in [-0.39, 0.29) is 5.97 Å². The molecule has 0 bridgehead atoms. The van der Waals surface area contributed by atoms with Gasteiger partial charge in [-0.25, -0.2) is 9.78 Å². The molecule has 2 aromatic rings. The Hall–Kier alpha value is -1.62. The maximum atomic E-state index is 12.1. The number of nitrogens with zero attached hydrogens (tertiary/aromatic N) is 1. The summed E-state index contributed by atoms with van der Waals surface area (Å²) in [4.78, 5) is 17.8. The fourth-order valence-corrected chi connectivity index (χ4v) is 3.04. The first-order valence-corrected chi connectivity index (χ1v) is 6.90. The van der Waals surface area contributed by atoms with Crippen molar-refractivity contribution in [3.8, 4) is 0 Å². The van der Waals surface area contributed by atoms with E-state index in [1.165, 1.54) is 11.3 Å². The number of ether oxygens (including phenoxy) is 1. The van der Waals surface area contributed by atoms with Gasteiger partial charge in [0.25, 0.3) is 0 Å². The number of esters is 1. The highest BCUT2D eigenvalue weighted by Gasteiger charge is 2.24. The zero-order valence-electron chi connectivity index (χ0n) is 11.8. The molecule has 0 aliphatic rings. The second-order valence-electron chi connectivity index (χ2n) is 5.61. The van der Waals surface area contributed by atoms with Crippen LogP contribution in [0.4, 0.5) is 5.69 Å². The van der Waals surface area contributed by atoms with Crippen LogP contribution >= 0.6 is 11.3 Å². The monoisotopic (exact) mass is 278 g/mol. The number of aryl methyl sites for hydroxylation is 2. The SMILES string of the molecule is Cc1cc(C)c2c(N)c(C(=O)OC(C)(C)C)sc2n1. The molecule has 0 aliphatic heterocycles. The fraction of sp³-hybridized carbons (Fsp3) is 0.429. The third-order valence-corrected chi connectivity index (χ3v) is 3.69. The largest absolute Gasteiger partial charge is 0.456 e. The van der Waals surface area contributed by atoms with Gasteiger partial charge in [-0.3, -0.25) is 0 Å². The van der Waals surface area contributed by atoms with Gasteiger partial charge in [0.2, 0.25) is 0 Å². The van der Waals surface area contributed by atoms with Crippen LogP contribution in [0, 0.1) is 13.8 Å². The summed E-state index contributed by atoms with van der Waals surface area (Å²) in [6.45, 7) is 9.40. The minimum atomic E-state index is -0.530. The van der Waals surface area contributed by atoms with Gasteiger partial charge >= 0.3 is 5.97 Å². The molecule has 2 rings (SSSR count). The summed E-state index contributed by atoms with van der Waals surface area (Å²) in [5.41, 5.74) is 7.97. The highest BCUT2D eigenvalue weighted by atomic mass is 32.1. The number of rotatable bonds is 1. The molecular weight excluding hydrogens is 260 g/mol. The van der Waals surface area contributed by atoms with Gasteiger partial charge in [0.1, 0.15) is 15.3 Å². The maximum absolute atomic E-state index is 12.1. The number of fused-ring (bicyclic) bond motifs is 1. The molecule has 0 atom stereocenters. The molecule has 4 nitrogen and oxygen atoms in total. The Balaban J connectivity index is 2.54. The summed E-state index contributed by atoms with van der Waals surface area (Å²) in [6, 6.07) is 1.96. The van der Waals surface area contributed by atoms with Crippen molar-refractivity contribution in [3.05, 3.63) is 22.2 Å². The molecule has 2 N–H and O–H groups in total. The van der Waals surface area contributed by atoms with Gasteiger partial charge in [-0.15, -0.1) is 11.3 Å². The van der Waals surface area contributed by atoms with Crippen LogP contribution in [0.1, 0.15) is 41.7 Å². The third kappa shape index (κ3) is 2.71. The molecule has 2 aromatic heterocycles. The van der Waals surface area contributed by atoms with Crippen LogP contribution in [0.3, 0.4) is 0 Å².